The Hall–Kier alpha value is -2.58. The zero-order valence-corrected chi connectivity index (χ0v) is 18.2. The SMILES string of the molecule is COc1ccc(S(=O)(=O)N2CCN(C(=O)c3cccc4c3OC(C)C4C)CC2)cc1. The highest BCUT2D eigenvalue weighted by Gasteiger charge is 2.34. The average molecular weight is 431 g/mol. The molecule has 1 saturated heterocycles. The fourth-order valence-corrected chi connectivity index (χ4v) is 5.38. The number of piperazine rings is 1. The van der Waals surface area contributed by atoms with E-state index in [1.54, 1.807) is 35.2 Å². The standard InChI is InChI=1S/C22H26N2O5S/c1-15-16(2)29-21-19(15)5-4-6-20(21)22(25)23-11-13-24(14-12-23)30(26,27)18-9-7-17(28-3)8-10-18/h4-10,15-16H,11-14H2,1-3H3. The quantitative estimate of drug-likeness (QED) is 0.746. The smallest absolute Gasteiger partial charge is 0.257 e. The Morgan fingerprint density at radius 2 is 1.70 bits per heavy atom. The first-order valence-corrected chi connectivity index (χ1v) is 11.5. The molecule has 30 heavy (non-hydrogen) atoms. The van der Waals surface area contributed by atoms with Gasteiger partial charge < -0.3 is 14.4 Å². The van der Waals surface area contributed by atoms with Gasteiger partial charge in [0.2, 0.25) is 10.0 Å². The third-order valence-corrected chi connectivity index (χ3v) is 7.91. The van der Waals surface area contributed by atoms with Crippen molar-refractivity contribution in [3.63, 3.8) is 0 Å². The number of rotatable bonds is 4. The lowest BCUT2D eigenvalue weighted by Crippen LogP contribution is -2.50. The van der Waals surface area contributed by atoms with Crippen LogP contribution in [0.2, 0.25) is 0 Å². The number of hydrogen-bond donors (Lipinski definition) is 0. The highest BCUT2D eigenvalue weighted by molar-refractivity contribution is 7.89. The van der Waals surface area contributed by atoms with E-state index in [1.807, 2.05) is 19.1 Å². The van der Waals surface area contributed by atoms with Crippen molar-refractivity contribution in [3.05, 3.63) is 53.6 Å². The molecule has 2 aliphatic heterocycles. The molecule has 0 bridgehead atoms. The van der Waals surface area contributed by atoms with E-state index < -0.39 is 10.0 Å². The second-order valence-corrected chi connectivity index (χ2v) is 9.65. The van der Waals surface area contributed by atoms with Gasteiger partial charge in [0.15, 0.2) is 0 Å². The van der Waals surface area contributed by atoms with Gasteiger partial charge in [0.25, 0.3) is 5.91 Å². The molecular weight excluding hydrogens is 404 g/mol. The van der Waals surface area contributed by atoms with Gasteiger partial charge in [-0.2, -0.15) is 4.31 Å². The van der Waals surface area contributed by atoms with Crippen molar-refractivity contribution in [1.29, 1.82) is 0 Å². The fraction of sp³-hybridized carbons (Fsp3) is 0.409. The van der Waals surface area contributed by atoms with E-state index in [9.17, 15) is 13.2 Å². The summed E-state index contributed by atoms with van der Waals surface area (Å²) in [7, 11) is -2.07. The van der Waals surface area contributed by atoms with Gasteiger partial charge in [0.05, 0.1) is 17.6 Å². The summed E-state index contributed by atoms with van der Waals surface area (Å²) in [4.78, 5) is 15.1. The molecule has 2 aromatic rings. The third kappa shape index (κ3) is 3.54. The normalized spacial score (nSPS) is 21.8. The second-order valence-electron chi connectivity index (χ2n) is 7.71. The van der Waals surface area contributed by atoms with Crippen molar-refractivity contribution in [2.75, 3.05) is 33.3 Å². The first-order valence-electron chi connectivity index (χ1n) is 10.1. The molecule has 160 valence electrons. The molecule has 2 aliphatic rings. The van der Waals surface area contributed by atoms with Crippen molar-refractivity contribution < 1.29 is 22.7 Å². The minimum Gasteiger partial charge on any atom is -0.497 e. The van der Waals surface area contributed by atoms with Gasteiger partial charge in [-0.1, -0.05) is 19.1 Å². The molecule has 2 heterocycles. The number of fused-ring (bicyclic) bond motifs is 1. The maximum Gasteiger partial charge on any atom is 0.257 e. The average Bonchev–Trinajstić information content (AvgIpc) is 3.07. The number of sulfonamides is 1. The van der Waals surface area contributed by atoms with Crippen LogP contribution < -0.4 is 9.47 Å². The molecule has 4 rings (SSSR count). The van der Waals surface area contributed by atoms with E-state index in [0.717, 1.165) is 5.56 Å². The topological polar surface area (TPSA) is 76.2 Å². The van der Waals surface area contributed by atoms with Crippen molar-refractivity contribution in [3.8, 4) is 11.5 Å². The number of methoxy groups -OCH3 is 1. The summed E-state index contributed by atoms with van der Waals surface area (Å²) in [6, 6.07) is 12.0. The first-order chi connectivity index (χ1) is 14.3. The summed E-state index contributed by atoms with van der Waals surface area (Å²) >= 11 is 0. The second kappa shape index (κ2) is 7.92. The van der Waals surface area contributed by atoms with E-state index in [1.165, 1.54) is 11.4 Å². The molecule has 2 unspecified atom stereocenters. The van der Waals surface area contributed by atoms with Crippen LogP contribution in [0.25, 0.3) is 0 Å². The summed E-state index contributed by atoms with van der Waals surface area (Å²) in [5.41, 5.74) is 1.60. The Labute approximate surface area is 177 Å². The summed E-state index contributed by atoms with van der Waals surface area (Å²) in [6.45, 7) is 5.27. The lowest BCUT2D eigenvalue weighted by molar-refractivity contribution is 0.0692. The van der Waals surface area contributed by atoms with Crippen molar-refractivity contribution in [2.45, 2.75) is 30.8 Å². The maximum absolute atomic E-state index is 13.1. The number of carbonyl (C=O) groups is 1. The molecule has 2 atom stereocenters. The van der Waals surface area contributed by atoms with Crippen molar-refractivity contribution in [2.24, 2.45) is 0 Å². The number of amides is 1. The van der Waals surface area contributed by atoms with Crippen LogP contribution in [0.15, 0.2) is 47.4 Å². The number of benzene rings is 2. The minimum atomic E-state index is -3.61. The molecular formula is C22H26N2O5S. The molecule has 1 amide bonds. The lowest BCUT2D eigenvalue weighted by Gasteiger charge is -2.34. The van der Waals surface area contributed by atoms with Crippen LogP contribution in [-0.2, 0) is 10.0 Å². The van der Waals surface area contributed by atoms with E-state index in [2.05, 4.69) is 6.92 Å². The Morgan fingerprint density at radius 3 is 2.33 bits per heavy atom. The van der Waals surface area contributed by atoms with Crippen LogP contribution in [0.4, 0.5) is 0 Å². The van der Waals surface area contributed by atoms with E-state index >= 15 is 0 Å². The van der Waals surface area contributed by atoms with Crippen LogP contribution >= 0.6 is 0 Å². The Balaban J connectivity index is 1.47. The first kappa shape index (κ1) is 20.7. The number of hydrogen-bond acceptors (Lipinski definition) is 5. The van der Waals surface area contributed by atoms with Gasteiger partial charge in [0, 0.05) is 37.7 Å². The molecule has 0 spiro atoms. The summed E-state index contributed by atoms with van der Waals surface area (Å²) in [5.74, 6) is 1.38. The summed E-state index contributed by atoms with van der Waals surface area (Å²) in [6.07, 6.45) is 0.0282. The largest absolute Gasteiger partial charge is 0.497 e. The van der Waals surface area contributed by atoms with Crippen LogP contribution in [0.3, 0.4) is 0 Å². The molecule has 0 radical (unpaired) electrons. The summed E-state index contributed by atoms with van der Waals surface area (Å²) in [5, 5.41) is 0. The van der Waals surface area contributed by atoms with Gasteiger partial charge >= 0.3 is 0 Å². The fourth-order valence-electron chi connectivity index (χ4n) is 3.95. The number of ether oxygens (including phenoxy) is 2. The third-order valence-electron chi connectivity index (χ3n) is 6.00. The van der Waals surface area contributed by atoms with Gasteiger partial charge in [-0.05, 0) is 37.3 Å². The molecule has 1 fully saturated rings. The summed E-state index contributed by atoms with van der Waals surface area (Å²) < 4.78 is 38.3. The van der Waals surface area contributed by atoms with Crippen molar-refractivity contribution in [1.82, 2.24) is 9.21 Å². The minimum absolute atomic E-state index is 0.0282. The van der Waals surface area contributed by atoms with Crippen LogP contribution in [-0.4, -0.2) is 62.9 Å². The van der Waals surface area contributed by atoms with E-state index in [4.69, 9.17) is 9.47 Å². The van der Waals surface area contributed by atoms with Gasteiger partial charge in [-0.15, -0.1) is 0 Å². The monoisotopic (exact) mass is 430 g/mol. The highest BCUT2D eigenvalue weighted by Crippen LogP contribution is 2.40. The van der Waals surface area contributed by atoms with Crippen LogP contribution in [0, 0.1) is 0 Å². The van der Waals surface area contributed by atoms with Gasteiger partial charge in [-0.25, -0.2) is 8.42 Å². The molecule has 0 saturated carbocycles. The molecule has 0 aromatic heterocycles. The Kier molecular flexibility index (Phi) is 5.46. The van der Waals surface area contributed by atoms with Crippen LogP contribution in [0.1, 0.15) is 35.7 Å². The predicted octanol–water partition coefficient (Wildman–Crippen LogP) is 2.73. The zero-order valence-electron chi connectivity index (χ0n) is 17.4. The van der Waals surface area contributed by atoms with Crippen molar-refractivity contribution >= 4 is 15.9 Å². The maximum atomic E-state index is 13.1. The lowest BCUT2D eigenvalue weighted by atomic mass is 9.96. The van der Waals surface area contributed by atoms with E-state index in [-0.39, 0.29) is 35.9 Å². The zero-order chi connectivity index (χ0) is 21.5. The molecule has 8 heteroatoms. The number of carbonyl (C=O) groups excluding carboxylic acids is 1. The molecule has 0 aliphatic carbocycles. The molecule has 2 aromatic carbocycles. The Morgan fingerprint density at radius 1 is 1.03 bits per heavy atom. The highest BCUT2D eigenvalue weighted by atomic mass is 32.2. The van der Waals surface area contributed by atoms with Gasteiger partial charge in [-0.3, -0.25) is 4.79 Å². The number of nitrogens with zero attached hydrogens (tertiary/aromatic N) is 2. The number of para-hydroxylation sites is 1. The predicted molar refractivity (Wildman–Crippen MR) is 113 cm³/mol. The Bertz CT molecular complexity index is 1040. The molecule has 7 nitrogen and oxygen atoms in total. The van der Waals surface area contributed by atoms with Crippen LogP contribution in [0.5, 0.6) is 11.5 Å². The van der Waals surface area contributed by atoms with E-state index in [0.29, 0.717) is 30.2 Å². The molecule has 0 N–H and O–H groups in total. The van der Waals surface area contributed by atoms with Gasteiger partial charge in [0.1, 0.15) is 17.6 Å².